The third-order valence-corrected chi connectivity index (χ3v) is 3.72. The second kappa shape index (κ2) is 3.87. The highest BCUT2D eigenvalue weighted by Gasteiger charge is 2.40. The Balaban J connectivity index is 1.83. The fourth-order valence-electron chi connectivity index (χ4n) is 2.89. The van der Waals surface area contributed by atoms with E-state index in [1.807, 2.05) is 18.3 Å². The number of likely N-dealkylation sites (tertiary alicyclic amines) is 1. The van der Waals surface area contributed by atoms with Crippen LogP contribution in [0.2, 0.25) is 0 Å². The molecule has 17 heavy (non-hydrogen) atoms. The zero-order valence-electron chi connectivity index (χ0n) is 9.41. The molecule has 1 aromatic rings. The molecule has 3 rings (SSSR count). The molecule has 1 aliphatic heterocycles. The van der Waals surface area contributed by atoms with Crippen LogP contribution in [0.1, 0.15) is 18.4 Å². The fourth-order valence-corrected chi connectivity index (χ4v) is 2.89. The van der Waals surface area contributed by atoms with Gasteiger partial charge >= 0.3 is 6.09 Å². The lowest BCUT2D eigenvalue weighted by Gasteiger charge is -2.20. The Hall–Kier alpha value is -1.84. The van der Waals surface area contributed by atoms with Crippen LogP contribution in [0.3, 0.4) is 0 Å². The highest BCUT2D eigenvalue weighted by Crippen LogP contribution is 2.40. The van der Waals surface area contributed by atoms with Crippen LogP contribution < -0.4 is 0 Å². The van der Waals surface area contributed by atoms with Gasteiger partial charge in [0.1, 0.15) is 0 Å². The SMILES string of the molecule is O=C(O)N1CCC2C=C(c3cccnc3)CC21. The maximum atomic E-state index is 11.1. The predicted molar refractivity (Wildman–Crippen MR) is 63.5 cm³/mol. The van der Waals surface area contributed by atoms with Crippen LogP contribution in [0.5, 0.6) is 0 Å². The highest BCUT2D eigenvalue weighted by molar-refractivity contribution is 5.72. The number of pyridine rings is 1. The second-order valence-electron chi connectivity index (χ2n) is 4.63. The van der Waals surface area contributed by atoms with Gasteiger partial charge < -0.3 is 10.0 Å². The molecule has 4 heteroatoms. The van der Waals surface area contributed by atoms with Gasteiger partial charge in [0.2, 0.25) is 0 Å². The normalized spacial score (nSPS) is 26.8. The minimum atomic E-state index is -0.793. The molecule has 1 aliphatic carbocycles. The van der Waals surface area contributed by atoms with E-state index in [0.29, 0.717) is 12.5 Å². The van der Waals surface area contributed by atoms with Crippen molar-refractivity contribution >= 4 is 11.7 Å². The number of nitrogens with zero attached hydrogens (tertiary/aromatic N) is 2. The smallest absolute Gasteiger partial charge is 0.407 e. The first-order chi connectivity index (χ1) is 8.25. The zero-order valence-corrected chi connectivity index (χ0v) is 9.41. The van der Waals surface area contributed by atoms with E-state index >= 15 is 0 Å². The first-order valence-corrected chi connectivity index (χ1v) is 5.86. The summed E-state index contributed by atoms with van der Waals surface area (Å²) in [5, 5.41) is 9.11. The topological polar surface area (TPSA) is 53.4 Å². The molecule has 1 saturated heterocycles. The summed E-state index contributed by atoms with van der Waals surface area (Å²) in [6, 6.07) is 4.09. The first kappa shape index (κ1) is 10.3. The van der Waals surface area contributed by atoms with Crippen LogP contribution in [0, 0.1) is 5.92 Å². The van der Waals surface area contributed by atoms with Gasteiger partial charge in [-0.2, -0.15) is 0 Å². The fraction of sp³-hybridized carbons (Fsp3) is 0.385. The molecule has 0 saturated carbocycles. The second-order valence-corrected chi connectivity index (χ2v) is 4.63. The Bertz CT molecular complexity index is 470. The van der Waals surface area contributed by atoms with E-state index in [0.717, 1.165) is 18.4 Å². The van der Waals surface area contributed by atoms with E-state index in [1.54, 1.807) is 11.1 Å². The molecule has 0 bridgehead atoms. The van der Waals surface area contributed by atoms with Crippen molar-refractivity contribution in [3.05, 3.63) is 36.2 Å². The molecular formula is C13H14N2O2. The van der Waals surface area contributed by atoms with Gasteiger partial charge in [-0.1, -0.05) is 12.1 Å². The summed E-state index contributed by atoms with van der Waals surface area (Å²) in [6.07, 6.45) is 6.80. The number of carbonyl (C=O) groups is 1. The Morgan fingerprint density at radius 1 is 1.53 bits per heavy atom. The van der Waals surface area contributed by atoms with Crippen molar-refractivity contribution in [2.45, 2.75) is 18.9 Å². The number of rotatable bonds is 1. The maximum Gasteiger partial charge on any atom is 0.407 e. The van der Waals surface area contributed by atoms with Crippen LogP contribution in [0.25, 0.3) is 5.57 Å². The molecule has 0 radical (unpaired) electrons. The molecule has 4 nitrogen and oxygen atoms in total. The number of hydrogen-bond donors (Lipinski definition) is 1. The van der Waals surface area contributed by atoms with Crippen molar-refractivity contribution in [1.29, 1.82) is 0 Å². The lowest BCUT2D eigenvalue weighted by atomic mass is 10.0. The molecule has 1 amide bonds. The van der Waals surface area contributed by atoms with Gasteiger partial charge in [-0.3, -0.25) is 4.98 Å². The number of aromatic nitrogens is 1. The van der Waals surface area contributed by atoms with Crippen LogP contribution in [-0.2, 0) is 0 Å². The monoisotopic (exact) mass is 230 g/mol. The van der Waals surface area contributed by atoms with Gasteiger partial charge in [-0.05, 0) is 36.0 Å². The summed E-state index contributed by atoms with van der Waals surface area (Å²) in [7, 11) is 0. The lowest BCUT2D eigenvalue weighted by Crippen LogP contribution is -2.35. The van der Waals surface area contributed by atoms with Crippen molar-refractivity contribution in [3.8, 4) is 0 Å². The summed E-state index contributed by atoms with van der Waals surface area (Å²) in [6.45, 7) is 0.668. The number of fused-ring (bicyclic) bond motifs is 1. The van der Waals surface area contributed by atoms with E-state index in [1.165, 1.54) is 5.57 Å². The molecule has 2 atom stereocenters. The molecular weight excluding hydrogens is 216 g/mol. The summed E-state index contributed by atoms with van der Waals surface area (Å²) < 4.78 is 0. The quantitative estimate of drug-likeness (QED) is 0.805. The molecule has 2 heterocycles. The van der Waals surface area contributed by atoms with Gasteiger partial charge in [-0.15, -0.1) is 0 Å². The molecule has 0 spiro atoms. The molecule has 88 valence electrons. The van der Waals surface area contributed by atoms with E-state index in [9.17, 15) is 4.79 Å². The summed E-state index contributed by atoms with van der Waals surface area (Å²) in [5.41, 5.74) is 2.35. The van der Waals surface area contributed by atoms with E-state index in [4.69, 9.17) is 5.11 Å². The third-order valence-electron chi connectivity index (χ3n) is 3.72. The van der Waals surface area contributed by atoms with E-state index in [-0.39, 0.29) is 6.04 Å². The van der Waals surface area contributed by atoms with E-state index < -0.39 is 6.09 Å². The molecule has 0 aromatic carbocycles. The summed E-state index contributed by atoms with van der Waals surface area (Å²) in [4.78, 5) is 16.8. The van der Waals surface area contributed by atoms with Gasteiger partial charge in [0.05, 0.1) is 0 Å². The Labute approximate surface area is 99.6 Å². The van der Waals surface area contributed by atoms with Crippen LogP contribution in [-0.4, -0.2) is 33.7 Å². The van der Waals surface area contributed by atoms with Crippen molar-refractivity contribution in [1.82, 2.24) is 9.88 Å². The largest absolute Gasteiger partial charge is 0.465 e. The zero-order chi connectivity index (χ0) is 11.8. The Morgan fingerprint density at radius 2 is 2.41 bits per heavy atom. The summed E-state index contributed by atoms with van der Waals surface area (Å²) in [5.74, 6) is 0.390. The number of carboxylic acid groups (broad SMARTS) is 1. The van der Waals surface area contributed by atoms with Gasteiger partial charge in [0, 0.05) is 25.0 Å². The number of hydrogen-bond acceptors (Lipinski definition) is 2. The molecule has 1 fully saturated rings. The molecule has 2 unspecified atom stereocenters. The van der Waals surface area contributed by atoms with Crippen molar-refractivity contribution in [2.75, 3.05) is 6.54 Å². The highest BCUT2D eigenvalue weighted by atomic mass is 16.4. The van der Waals surface area contributed by atoms with Crippen molar-refractivity contribution in [3.63, 3.8) is 0 Å². The minimum absolute atomic E-state index is 0.141. The average Bonchev–Trinajstić information content (AvgIpc) is 2.88. The van der Waals surface area contributed by atoms with E-state index in [2.05, 4.69) is 11.1 Å². The number of amides is 1. The third kappa shape index (κ3) is 1.69. The van der Waals surface area contributed by atoms with Crippen molar-refractivity contribution in [2.24, 2.45) is 5.92 Å². The van der Waals surface area contributed by atoms with Crippen molar-refractivity contribution < 1.29 is 9.90 Å². The van der Waals surface area contributed by atoms with Crippen LogP contribution in [0.4, 0.5) is 4.79 Å². The standard InChI is InChI=1S/C13H14N2O2/c16-13(17)15-5-3-9-6-11(7-12(9)15)10-2-1-4-14-8-10/h1-2,4,6,8-9,12H,3,5,7H2,(H,16,17). The van der Waals surface area contributed by atoms with Crippen LogP contribution in [0.15, 0.2) is 30.6 Å². The van der Waals surface area contributed by atoms with Gasteiger partial charge in [0.25, 0.3) is 0 Å². The minimum Gasteiger partial charge on any atom is -0.465 e. The predicted octanol–water partition coefficient (Wildman–Crippen LogP) is 2.24. The molecule has 1 N–H and O–H groups in total. The van der Waals surface area contributed by atoms with Gasteiger partial charge in [-0.25, -0.2) is 4.79 Å². The van der Waals surface area contributed by atoms with Crippen LogP contribution >= 0.6 is 0 Å². The molecule has 2 aliphatic rings. The van der Waals surface area contributed by atoms with Gasteiger partial charge in [0.15, 0.2) is 0 Å². The summed E-state index contributed by atoms with van der Waals surface area (Å²) >= 11 is 0. The molecule has 1 aromatic heterocycles. The average molecular weight is 230 g/mol. The maximum absolute atomic E-state index is 11.1. The Morgan fingerprint density at radius 3 is 3.12 bits per heavy atom. The first-order valence-electron chi connectivity index (χ1n) is 5.86. The Kier molecular flexibility index (Phi) is 2.35. The lowest BCUT2D eigenvalue weighted by molar-refractivity contribution is 0.139.